The van der Waals surface area contributed by atoms with Crippen LogP contribution in [0.4, 0.5) is 0 Å². The van der Waals surface area contributed by atoms with Crippen LogP contribution in [0.2, 0.25) is 5.02 Å². The number of aromatic nitrogens is 2. The van der Waals surface area contributed by atoms with Crippen LogP contribution in [-0.4, -0.2) is 14.9 Å². The lowest BCUT2D eigenvalue weighted by Crippen LogP contribution is -2.05. The van der Waals surface area contributed by atoms with E-state index in [-0.39, 0.29) is 0 Å². The maximum atomic E-state index is 9.98. The Hall–Kier alpha value is -0.540. The fourth-order valence-electron chi connectivity index (χ4n) is 1.87. The monoisotopic (exact) mass is 244 g/mol. The van der Waals surface area contributed by atoms with Gasteiger partial charge in [-0.3, -0.25) is 4.68 Å². The summed E-state index contributed by atoms with van der Waals surface area (Å²) >= 11 is 5.96. The highest BCUT2D eigenvalue weighted by atomic mass is 35.5. The molecule has 1 N–H and O–H groups in total. The molecule has 1 aromatic heterocycles. The molecule has 0 bridgehead atoms. The SMILES string of the molecule is CCCCCCCC(O)c1c(Cl)cnn1C. The second-order valence-corrected chi connectivity index (χ2v) is 4.63. The number of rotatable bonds is 7. The molecule has 0 amide bonds. The molecule has 0 aliphatic carbocycles. The van der Waals surface area contributed by atoms with Crippen molar-refractivity contribution in [3.63, 3.8) is 0 Å². The van der Waals surface area contributed by atoms with Crippen molar-refractivity contribution in [2.45, 2.75) is 51.6 Å². The number of aliphatic hydroxyl groups is 1. The second kappa shape index (κ2) is 6.92. The average molecular weight is 245 g/mol. The van der Waals surface area contributed by atoms with Gasteiger partial charge in [0.2, 0.25) is 0 Å². The summed E-state index contributed by atoms with van der Waals surface area (Å²) in [5, 5.41) is 14.6. The third-order valence-electron chi connectivity index (χ3n) is 2.83. The van der Waals surface area contributed by atoms with Crippen molar-refractivity contribution in [1.29, 1.82) is 0 Å². The first-order chi connectivity index (χ1) is 7.66. The number of halogens is 1. The number of aryl methyl sites for hydroxylation is 1. The largest absolute Gasteiger partial charge is 0.387 e. The minimum absolute atomic E-state index is 0.485. The first kappa shape index (κ1) is 13.5. The maximum Gasteiger partial charge on any atom is 0.0971 e. The molecule has 0 saturated heterocycles. The van der Waals surface area contributed by atoms with E-state index >= 15 is 0 Å². The van der Waals surface area contributed by atoms with E-state index in [0.29, 0.717) is 5.02 Å². The zero-order valence-corrected chi connectivity index (χ0v) is 10.9. The average Bonchev–Trinajstić information content (AvgIpc) is 2.58. The smallest absolute Gasteiger partial charge is 0.0971 e. The van der Waals surface area contributed by atoms with Gasteiger partial charge in [0.1, 0.15) is 0 Å². The Bertz CT molecular complexity index is 292. The van der Waals surface area contributed by atoms with Crippen molar-refractivity contribution >= 4 is 11.6 Å². The fourth-order valence-corrected chi connectivity index (χ4v) is 2.16. The van der Waals surface area contributed by atoms with Gasteiger partial charge >= 0.3 is 0 Å². The molecule has 0 aliphatic heterocycles. The molecular weight excluding hydrogens is 224 g/mol. The molecule has 1 heterocycles. The summed E-state index contributed by atoms with van der Waals surface area (Å²) < 4.78 is 1.65. The van der Waals surface area contributed by atoms with Crippen molar-refractivity contribution in [2.24, 2.45) is 7.05 Å². The van der Waals surface area contributed by atoms with Crippen LogP contribution in [0.3, 0.4) is 0 Å². The van der Waals surface area contributed by atoms with Gasteiger partial charge in [0.25, 0.3) is 0 Å². The zero-order chi connectivity index (χ0) is 12.0. The first-order valence-corrected chi connectivity index (χ1v) is 6.40. The molecule has 0 aromatic carbocycles. The zero-order valence-electron chi connectivity index (χ0n) is 10.1. The van der Waals surface area contributed by atoms with E-state index in [1.807, 2.05) is 7.05 Å². The number of nitrogens with zero attached hydrogens (tertiary/aromatic N) is 2. The predicted octanol–water partition coefficient (Wildman–Crippen LogP) is 3.47. The topological polar surface area (TPSA) is 38.1 Å². The van der Waals surface area contributed by atoms with Crippen molar-refractivity contribution in [3.8, 4) is 0 Å². The number of hydrogen-bond acceptors (Lipinski definition) is 2. The van der Waals surface area contributed by atoms with Gasteiger partial charge in [0, 0.05) is 7.05 Å². The molecule has 1 unspecified atom stereocenters. The second-order valence-electron chi connectivity index (χ2n) is 4.22. The normalized spacial score (nSPS) is 13.0. The van der Waals surface area contributed by atoms with Gasteiger partial charge in [-0.1, -0.05) is 50.6 Å². The molecule has 16 heavy (non-hydrogen) atoms. The summed E-state index contributed by atoms with van der Waals surface area (Å²) in [4.78, 5) is 0. The number of hydrogen-bond donors (Lipinski definition) is 1. The van der Waals surface area contributed by atoms with Crippen LogP contribution in [0.15, 0.2) is 6.20 Å². The predicted molar refractivity (Wildman–Crippen MR) is 66.6 cm³/mol. The molecule has 1 aromatic rings. The van der Waals surface area contributed by atoms with E-state index in [1.165, 1.54) is 25.7 Å². The molecule has 92 valence electrons. The molecule has 0 spiro atoms. The van der Waals surface area contributed by atoms with Crippen molar-refractivity contribution < 1.29 is 5.11 Å². The van der Waals surface area contributed by atoms with Gasteiger partial charge in [-0.05, 0) is 6.42 Å². The number of aliphatic hydroxyl groups excluding tert-OH is 1. The van der Waals surface area contributed by atoms with Crippen molar-refractivity contribution in [2.75, 3.05) is 0 Å². The van der Waals surface area contributed by atoms with Crippen LogP contribution in [-0.2, 0) is 7.05 Å². The molecule has 4 heteroatoms. The van der Waals surface area contributed by atoms with E-state index < -0.39 is 6.10 Å². The summed E-state index contributed by atoms with van der Waals surface area (Å²) in [5.74, 6) is 0. The van der Waals surface area contributed by atoms with Crippen molar-refractivity contribution in [3.05, 3.63) is 16.9 Å². The highest BCUT2D eigenvalue weighted by molar-refractivity contribution is 6.31. The van der Waals surface area contributed by atoms with Crippen LogP contribution in [0.5, 0.6) is 0 Å². The molecule has 3 nitrogen and oxygen atoms in total. The van der Waals surface area contributed by atoms with Gasteiger partial charge in [-0.25, -0.2) is 0 Å². The fraction of sp³-hybridized carbons (Fsp3) is 0.750. The molecule has 0 saturated carbocycles. The van der Waals surface area contributed by atoms with E-state index in [2.05, 4.69) is 12.0 Å². The molecule has 1 atom stereocenters. The maximum absolute atomic E-state index is 9.98. The van der Waals surface area contributed by atoms with Crippen LogP contribution in [0.1, 0.15) is 57.2 Å². The summed E-state index contributed by atoms with van der Waals surface area (Å²) in [6, 6.07) is 0. The lowest BCUT2D eigenvalue weighted by Gasteiger charge is -2.11. The standard InChI is InChI=1S/C12H21ClN2O/c1-3-4-5-6-7-8-11(16)12-10(13)9-14-15(12)2/h9,11,16H,3-8H2,1-2H3. The summed E-state index contributed by atoms with van der Waals surface area (Å²) in [7, 11) is 1.81. The Balaban J connectivity index is 2.32. The lowest BCUT2D eigenvalue weighted by molar-refractivity contribution is 0.154. The van der Waals surface area contributed by atoms with E-state index in [9.17, 15) is 5.11 Å². The van der Waals surface area contributed by atoms with Crippen molar-refractivity contribution in [1.82, 2.24) is 9.78 Å². The number of unbranched alkanes of at least 4 members (excludes halogenated alkanes) is 4. The van der Waals surface area contributed by atoms with Crippen LogP contribution < -0.4 is 0 Å². The van der Waals surface area contributed by atoms with E-state index in [1.54, 1.807) is 10.9 Å². The molecule has 1 rings (SSSR count). The highest BCUT2D eigenvalue weighted by Crippen LogP contribution is 2.26. The third kappa shape index (κ3) is 3.80. The first-order valence-electron chi connectivity index (χ1n) is 6.02. The van der Waals surface area contributed by atoms with Crippen LogP contribution in [0, 0.1) is 0 Å². The van der Waals surface area contributed by atoms with Gasteiger partial charge in [-0.2, -0.15) is 5.10 Å². The Kier molecular flexibility index (Phi) is 5.85. The van der Waals surface area contributed by atoms with E-state index in [0.717, 1.165) is 18.5 Å². The van der Waals surface area contributed by atoms with Crippen LogP contribution in [0.25, 0.3) is 0 Å². The Labute approximate surface area is 102 Å². The summed E-state index contributed by atoms with van der Waals surface area (Å²) in [6.07, 6.45) is 7.87. The minimum atomic E-state index is -0.485. The van der Waals surface area contributed by atoms with Crippen LogP contribution >= 0.6 is 11.6 Å². The lowest BCUT2D eigenvalue weighted by atomic mass is 10.1. The Morgan fingerprint density at radius 1 is 1.38 bits per heavy atom. The summed E-state index contributed by atoms with van der Waals surface area (Å²) in [5.41, 5.74) is 0.733. The molecular formula is C12H21ClN2O. The molecule has 0 aliphatic rings. The van der Waals surface area contributed by atoms with Gasteiger partial charge in [-0.15, -0.1) is 0 Å². The van der Waals surface area contributed by atoms with Gasteiger partial charge in [0.15, 0.2) is 0 Å². The van der Waals surface area contributed by atoms with E-state index in [4.69, 9.17) is 11.6 Å². The van der Waals surface area contributed by atoms with Gasteiger partial charge in [0.05, 0.1) is 23.0 Å². The third-order valence-corrected chi connectivity index (χ3v) is 3.13. The highest BCUT2D eigenvalue weighted by Gasteiger charge is 2.15. The molecule has 0 fully saturated rings. The molecule has 0 radical (unpaired) electrons. The van der Waals surface area contributed by atoms with Gasteiger partial charge < -0.3 is 5.11 Å². The minimum Gasteiger partial charge on any atom is -0.387 e. The Morgan fingerprint density at radius 3 is 2.62 bits per heavy atom. The quantitative estimate of drug-likeness (QED) is 0.746. The summed E-state index contributed by atoms with van der Waals surface area (Å²) in [6.45, 7) is 2.20. The Morgan fingerprint density at radius 2 is 2.06 bits per heavy atom.